The van der Waals surface area contributed by atoms with Crippen LogP contribution in [0.1, 0.15) is 5.76 Å². The Kier molecular flexibility index (Phi) is 4.63. The smallest absolute Gasteiger partial charge is 0.344 e. The maximum absolute atomic E-state index is 11.5. The van der Waals surface area contributed by atoms with Crippen molar-refractivity contribution in [2.75, 3.05) is 5.32 Å². The molecule has 0 atom stereocenters. The van der Waals surface area contributed by atoms with E-state index in [4.69, 9.17) is 16.1 Å². The lowest BCUT2D eigenvalue weighted by Gasteiger charge is -2.06. The first kappa shape index (κ1) is 16.2. The van der Waals surface area contributed by atoms with Crippen molar-refractivity contribution >= 4 is 40.7 Å². The molecule has 122 valence electrons. The predicted octanol–water partition coefficient (Wildman–Crippen LogP) is 4.23. The molecule has 0 aliphatic carbocycles. The lowest BCUT2D eigenvalue weighted by atomic mass is 10.4. The molecule has 3 aromatic rings. The van der Waals surface area contributed by atoms with Gasteiger partial charge in [-0.15, -0.1) is 0 Å². The van der Waals surface area contributed by atoms with Gasteiger partial charge < -0.3 is 9.84 Å². The molecule has 1 N–H and O–H groups in total. The topological polar surface area (TPSA) is 107 Å². The van der Waals surface area contributed by atoms with Crippen LogP contribution in [0.4, 0.5) is 17.3 Å². The summed E-state index contributed by atoms with van der Waals surface area (Å²) in [5.41, 5.74) is -0.238. The van der Waals surface area contributed by atoms with Gasteiger partial charge in [0.2, 0.25) is 5.82 Å². The molecule has 2 aromatic heterocycles. The molecule has 24 heavy (non-hydrogen) atoms. The molecule has 0 spiro atoms. The van der Waals surface area contributed by atoms with Crippen LogP contribution in [0.5, 0.6) is 0 Å². The predicted molar refractivity (Wildman–Crippen MR) is 88.8 cm³/mol. The quantitative estimate of drug-likeness (QED) is 0.407. The van der Waals surface area contributed by atoms with Crippen molar-refractivity contribution in [3.05, 3.63) is 57.6 Å². The highest BCUT2D eigenvalue weighted by Crippen LogP contribution is 2.37. The molecule has 2 heterocycles. The molecule has 10 heteroatoms. The fraction of sp³-hybridized carbons (Fsp3) is 0.0714. The number of nitrogens with zero attached hydrogens (tertiary/aromatic N) is 4. The van der Waals surface area contributed by atoms with Crippen molar-refractivity contribution in [2.24, 2.45) is 0 Å². The second-order valence-electron chi connectivity index (χ2n) is 4.64. The second kappa shape index (κ2) is 6.85. The number of nitrogens with one attached hydrogen (secondary N) is 1. The van der Waals surface area contributed by atoms with Crippen LogP contribution in [0.3, 0.4) is 0 Å². The van der Waals surface area contributed by atoms with Gasteiger partial charge in [-0.2, -0.15) is 0 Å². The van der Waals surface area contributed by atoms with Crippen molar-refractivity contribution < 1.29 is 9.45 Å². The number of hydrogen-bond donors (Lipinski definition) is 1. The number of anilines is 2. The Bertz CT molecular complexity index is 884. The van der Waals surface area contributed by atoms with Crippen molar-refractivity contribution in [1.29, 1.82) is 0 Å². The van der Waals surface area contributed by atoms with Crippen molar-refractivity contribution in [1.82, 2.24) is 15.1 Å². The Morgan fingerprint density at radius 2 is 2.04 bits per heavy atom. The number of aryl methyl sites for hydroxylation is 1. The Morgan fingerprint density at radius 1 is 1.29 bits per heavy atom. The van der Waals surface area contributed by atoms with Gasteiger partial charge in [-0.3, -0.25) is 10.1 Å². The van der Waals surface area contributed by atoms with Gasteiger partial charge >= 0.3 is 5.69 Å². The van der Waals surface area contributed by atoms with Crippen LogP contribution in [0.25, 0.3) is 0 Å². The number of nitro groups is 1. The van der Waals surface area contributed by atoms with E-state index in [-0.39, 0.29) is 16.5 Å². The van der Waals surface area contributed by atoms with Crippen molar-refractivity contribution in [3.63, 3.8) is 0 Å². The molecule has 0 amide bonds. The minimum atomic E-state index is -0.534. The van der Waals surface area contributed by atoms with E-state index in [1.54, 1.807) is 37.3 Å². The standard InChI is InChI=1S/C14H10ClN5O3S/c1-8-6-11(19-23-8)18-13-12(20(21)22)14(17-7-16-13)24-10-4-2-9(15)3-5-10/h2-7H,1H3,(H,16,17,18,19). The summed E-state index contributed by atoms with van der Waals surface area (Å²) in [7, 11) is 0. The minimum Gasteiger partial charge on any atom is -0.360 e. The number of rotatable bonds is 5. The molecule has 1 aromatic carbocycles. The third-order valence-corrected chi connectivity index (χ3v) is 4.13. The van der Waals surface area contributed by atoms with E-state index in [2.05, 4.69) is 20.4 Å². The maximum atomic E-state index is 11.5. The molecule has 0 bridgehead atoms. The van der Waals surface area contributed by atoms with E-state index < -0.39 is 4.92 Å². The van der Waals surface area contributed by atoms with Crippen LogP contribution in [0.2, 0.25) is 5.02 Å². The van der Waals surface area contributed by atoms with Crippen molar-refractivity contribution in [2.45, 2.75) is 16.8 Å². The number of halogens is 1. The largest absolute Gasteiger partial charge is 0.360 e. The summed E-state index contributed by atoms with van der Waals surface area (Å²) in [4.78, 5) is 19.7. The zero-order valence-electron chi connectivity index (χ0n) is 12.3. The first-order valence-corrected chi connectivity index (χ1v) is 7.85. The maximum Gasteiger partial charge on any atom is 0.344 e. The Balaban J connectivity index is 1.95. The highest BCUT2D eigenvalue weighted by Gasteiger charge is 2.24. The fourth-order valence-corrected chi connectivity index (χ4v) is 2.84. The molecular formula is C14H10ClN5O3S. The molecular weight excluding hydrogens is 354 g/mol. The molecule has 8 nitrogen and oxygen atoms in total. The van der Waals surface area contributed by atoms with Gasteiger partial charge in [-0.1, -0.05) is 28.5 Å². The summed E-state index contributed by atoms with van der Waals surface area (Å²) >= 11 is 6.99. The van der Waals surface area contributed by atoms with Gasteiger partial charge in [0.15, 0.2) is 10.8 Å². The molecule has 0 saturated carbocycles. The monoisotopic (exact) mass is 363 g/mol. The Hall–Kier alpha value is -2.65. The van der Waals surface area contributed by atoms with E-state index in [0.717, 1.165) is 16.7 Å². The summed E-state index contributed by atoms with van der Waals surface area (Å²) < 4.78 is 4.93. The molecule has 0 aliphatic heterocycles. The van der Waals surface area contributed by atoms with E-state index in [0.29, 0.717) is 16.6 Å². The van der Waals surface area contributed by atoms with E-state index in [9.17, 15) is 10.1 Å². The normalized spacial score (nSPS) is 10.6. The van der Waals surface area contributed by atoms with Crippen LogP contribution >= 0.6 is 23.4 Å². The second-order valence-corrected chi connectivity index (χ2v) is 6.14. The average Bonchev–Trinajstić information content (AvgIpc) is 2.94. The number of benzene rings is 1. The van der Waals surface area contributed by atoms with Crippen LogP contribution in [0.15, 0.2) is 51.1 Å². The van der Waals surface area contributed by atoms with E-state index in [1.807, 2.05) is 0 Å². The molecule has 0 aliphatic rings. The zero-order valence-corrected chi connectivity index (χ0v) is 13.8. The summed E-state index contributed by atoms with van der Waals surface area (Å²) in [6.45, 7) is 1.72. The summed E-state index contributed by atoms with van der Waals surface area (Å²) in [5, 5.41) is 18.8. The number of aromatic nitrogens is 3. The highest BCUT2D eigenvalue weighted by molar-refractivity contribution is 7.99. The minimum absolute atomic E-state index is 0.0414. The van der Waals surface area contributed by atoms with Crippen LogP contribution in [-0.2, 0) is 0 Å². The van der Waals surface area contributed by atoms with Crippen LogP contribution < -0.4 is 5.32 Å². The van der Waals surface area contributed by atoms with Crippen LogP contribution in [-0.4, -0.2) is 20.0 Å². The lowest BCUT2D eigenvalue weighted by molar-refractivity contribution is -0.387. The fourth-order valence-electron chi connectivity index (χ4n) is 1.85. The summed E-state index contributed by atoms with van der Waals surface area (Å²) in [6.07, 6.45) is 1.25. The Labute approximate surface area is 145 Å². The Morgan fingerprint density at radius 3 is 2.67 bits per heavy atom. The number of hydrogen-bond acceptors (Lipinski definition) is 8. The zero-order chi connectivity index (χ0) is 17.1. The summed E-state index contributed by atoms with van der Waals surface area (Å²) in [5.74, 6) is 0.946. The average molecular weight is 364 g/mol. The first-order valence-electron chi connectivity index (χ1n) is 6.66. The highest BCUT2D eigenvalue weighted by atomic mass is 35.5. The summed E-state index contributed by atoms with van der Waals surface area (Å²) in [6, 6.07) is 8.53. The third-order valence-electron chi connectivity index (χ3n) is 2.87. The SMILES string of the molecule is Cc1cc(Nc2ncnc(Sc3ccc(Cl)cc3)c2[N+](=O)[O-])no1. The molecule has 3 rings (SSSR count). The molecule has 0 radical (unpaired) electrons. The van der Waals surface area contributed by atoms with Crippen molar-refractivity contribution in [3.8, 4) is 0 Å². The van der Waals surface area contributed by atoms with Gasteiger partial charge in [0.25, 0.3) is 0 Å². The van der Waals surface area contributed by atoms with E-state index >= 15 is 0 Å². The van der Waals surface area contributed by atoms with Gasteiger partial charge in [-0.25, -0.2) is 9.97 Å². The lowest BCUT2D eigenvalue weighted by Crippen LogP contribution is -2.03. The first-order chi connectivity index (χ1) is 11.5. The van der Waals surface area contributed by atoms with Crippen LogP contribution in [0, 0.1) is 17.0 Å². The van der Waals surface area contributed by atoms with E-state index in [1.165, 1.54) is 6.33 Å². The van der Waals surface area contributed by atoms with Gasteiger partial charge in [0.1, 0.15) is 12.1 Å². The third kappa shape index (κ3) is 3.63. The van der Waals surface area contributed by atoms with Gasteiger partial charge in [0, 0.05) is 16.0 Å². The van der Waals surface area contributed by atoms with Gasteiger partial charge in [-0.05, 0) is 31.2 Å². The molecule has 0 saturated heterocycles. The van der Waals surface area contributed by atoms with Gasteiger partial charge in [0.05, 0.1) is 4.92 Å². The molecule has 0 unspecified atom stereocenters. The molecule has 0 fully saturated rings.